The Labute approximate surface area is 173 Å². The van der Waals surface area contributed by atoms with E-state index < -0.39 is 6.04 Å². The van der Waals surface area contributed by atoms with Crippen LogP contribution in [0.25, 0.3) is 5.76 Å². The van der Waals surface area contributed by atoms with E-state index in [1.807, 2.05) is 30.3 Å². The Morgan fingerprint density at radius 1 is 0.800 bits per heavy atom. The number of carbonyl (C=O) groups is 1. The lowest BCUT2D eigenvalue weighted by Crippen LogP contribution is -2.25. The molecule has 0 saturated heterocycles. The van der Waals surface area contributed by atoms with Gasteiger partial charge in [-0.05, 0) is 29.7 Å². The van der Waals surface area contributed by atoms with Gasteiger partial charge in [0.25, 0.3) is 0 Å². The van der Waals surface area contributed by atoms with E-state index in [1.54, 1.807) is 36.4 Å². The highest BCUT2D eigenvalue weighted by Gasteiger charge is 2.40. The third kappa shape index (κ3) is 3.03. The number of benzene rings is 3. The van der Waals surface area contributed by atoms with Crippen LogP contribution in [0.4, 0.5) is 4.39 Å². The van der Waals surface area contributed by atoms with Crippen LogP contribution in [-0.4, -0.2) is 16.9 Å². The summed E-state index contributed by atoms with van der Waals surface area (Å²) in [6, 6.07) is 22.4. The van der Waals surface area contributed by atoms with E-state index in [0.717, 1.165) is 11.1 Å². The first-order valence-electron chi connectivity index (χ1n) is 9.91. The molecule has 0 unspecified atom stereocenters. The molecule has 3 aromatic carbocycles. The first kappa shape index (κ1) is 18.4. The molecule has 2 aliphatic rings. The maximum Gasteiger partial charge on any atom is 0.195 e. The summed E-state index contributed by atoms with van der Waals surface area (Å²) in [4.78, 5) is 13.0. The second kappa shape index (κ2) is 7.34. The molecule has 5 rings (SSSR count). The molecule has 0 saturated carbocycles. The molecular formula is C25H19FN2O2. The fourth-order valence-electron chi connectivity index (χ4n) is 4.40. The Morgan fingerprint density at radius 3 is 2.17 bits per heavy atom. The van der Waals surface area contributed by atoms with Crippen molar-refractivity contribution < 1.29 is 14.3 Å². The van der Waals surface area contributed by atoms with Crippen molar-refractivity contribution >= 4 is 11.5 Å². The van der Waals surface area contributed by atoms with Gasteiger partial charge in [0.2, 0.25) is 0 Å². The fraction of sp³-hybridized carbons (Fsp3) is 0.160. The highest BCUT2D eigenvalue weighted by Crippen LogP contribution is 2.45. The zero-order chi connectivity index (χ0) is 20.7. The van der Waals surface area contributed by atoms with Crippen LogP contribution in [-0.2, 0) is 0 Å². The molecular weight excluding hydrogens is 379 g/mol. The molecule has 3 atom stereocenters. The minimum Gasteiger partial charge on any atom is -0.507 e. The van der Waals surface area contributed by atoms with E-state index in [-0.39, 0.29) is 29.3 Å². The molecule has 0 spiro atoms. The molecule has 3 aromatic rings. The SMILES string of the molecule is O=C1C([C@@H]2C[C@@H](c3ccccc3)[C@@H](c3ccc(F)cc3)N=N2)=C(O)c2ccccc21. The largest absolute Gasteiger partial charge is 0.507 e. The zero-order valence-corrected chi connectivity index (χ0v) is 16.1. The van der Waals surface area contributed by atoms with Gasteiger partial charge in [0, 0.05) is 17.0 Å². The molecule has 1 aliphatic heterocycles. The summed E-state index contributed by atoms with van der Waals surface area (Å²) in [6.45, 7) is 0. The van der Waals surface area contributed by atoms with Gasteiger partial charge in [0.05, 0.1) is 5.57 Å². The van der Waals surface area contributed by atoms with Gasteiger partial charge in [0.15, 0.2) is 5.78 Å². The number of azo groups is 1. The number of ketones is 1. The van der Waals surface area contributed by atoms with Crippen molar-refractivity contribution in [3.8, 4) is 0 Å². The summed E-state index contributed by atoms with van der Waals surface area (Å²) in [5.41, 5.74) is 3.28. The number of Topliss-reactive ketones (excluding diaryl/α,β-unsaturated/α-hetero) is 1. The van der Waals surface area contributed by atoms with Crippen LogP contribution >= 0.6 is 0 Å². The lowest BCUT2D eigenvalue weighted by molar-refractivity contribution is 0.102. The molecule has 0 amide bonds. The van der Waals surface area contributed by atoms with Crippen molar-refractivity contribution in [2.75, 3.05) is 0 Å². The summed E-state index contributed by atoms with van der Waals surface area (Å²) < 4.78 is 13.4. The number of hydrogen-bond acceptors (Lipinski definition) is 4. The maximum atomic E-state index is 13.4. The number of nitrogens with zero attached hydrogens (tertiary/aromatic N) is 2. The number of halogens is 1. The lowest BCUT2D eigenvalue weighted by Gasteiger charge is -2.31. The van der Waals surface area contributed by atoms with E-state index in [2.05, 4.69) is 10.2 Å². The van der Waals surface area contributed by atoms with Crippen molar-refractivity contribution in [3.05, 3.63) is 113 Å². The van der Waals surface area contributed by atoms with E-state index in [4.69, 9.17) is 0 Å². The summed E-state index contributed by atoms with van der Waals surface area (Å²) in [7, 11) is 0. The van der Waals surface area contributed by atoms with Gasteiger partial charge in [-0.25, -0.2) is 4.39 Å². The van der Waals surface area contributed by atoms with Crippen LogP contribution in [0, 0.1) is 5.82 Å². The van der Waals surface area contributed by atoms with Crippen molar-refractivity contribution in [1.82, 2.24) is 0 Å². The molecule has 1 aliphatic carbocycles. The average molecular weight is 398 g/mol. The summed E-state index contributed by atoms with van der Waals surface area (Å²) in [6.07, 6.45) is 0.522. The van der Waals surface area contributed by atoms with Gasteiger partial charge in [0.1, 0.15) is 23.7 Å². The number of carbonyl (C=O) groups excluding carboxylic acids is 1. The standard InChI is InChI=1S/C25H19FN2O2/c26-17-12-10-16(11-13-17)23-20(15-6-2-1-3-7-15)14-21(27-28-23)22-24(29)18-8-4-5-9-19(18)25(22)30/h1-13,20-21,23,29H,14H2/t20-,21-,23+/m0/s1. The second-order valence-corrected chi connectivity index (χ2v) is 7.63. The summed E-state index contributed by atoms with van der Waals surface area (Å²) in [5.74, 6) is -0.563. The van der Waals surface area contributed by atoms with Crippen molar-refractivity contribution in [2.24, 2.45) is 10.2 Å². The van der Waals surface area contributed by atoms with Crippen molar-refractivity contribution in [3.63, 3.8) is 0 Å². The van der Waals surface area contributed by atoms with Crippen molar-refractivity contribution in [1.29, 1.82) is 0 Å². The molecule has 4 nitrogen and oxygen atoms in total. The smallest absolute Gasteiger partial charge is 0.195 e. The molecule has 1 N–H and O–H groups in total. The van der Waals surface area contributed by atoms with Gasteiger partial charge in [-0.2, -0.15) is 10.2 Å². The lowest BCUT2D eigenvalue weighted by atomic mass is 9.80. The van der Waals surface area contributed by atoms with E-state index in [0.29, 0.717) is 23.1 Å². The minimum atomic E-state index is -0.535. The molecule has 0 aromatic heterocycles. The van der Waals surface area contributed by atoms with Crippen LogP contribution in [0.1, 0.15) is 45.4 Å². The van der Waals surface area contributed by atoms with Gasteiger partial charge in [-0.1, -0.05) is 66.7 Å². The molecule has 0 fully saturated rings. The quantitative estimate of drug-likeness (QED) is 0.584. The third-order valence-corrected chi connectivity index (χ3v) is 5.89. The van der Waals surface area contributed by atoms with Crippen LogP contribution in [0.5, 0.6) is 0 Å². The molecule has 0 radical (unpaired) electrons. The van der Waals surface area contributed by atoms with Crippen LogP contribution in [0.15, 0.2) is 94.7 Å². The van der Waals surface area contributed by atoms with Gasteiger partial charge in [-0.15, -0.1) is 0 Å². The van der Waals surface area contributed by atoms with Gasteiger partial charge >= 0.3 is 0 Å². The maximum absolute atomic E-state index is 13.4. The van der Waals surface area contributed by atoms with E-state index in [9.17, 15) is 14.3 Å². The summed E-state index contributed by atoms with van der Waals surface area (Å²) >= 11 is 0. The third-order valence-electron chi connectivity index (χ3n) is 5.89. The predicted octanol–water partition coefficient (Wildman–Crippen LogP) is 6.04. The monoisotopic (exact) mass is 398 g/mol. The van der Waals surface area contributed by atoms with Crippen LogP contribution in [0.3, 0.4) is 0 Å². The summed E-state index contributed by atoms with van der Waals surface area (Å²) in [5, 5.41) is 19.7. The zero-order valence-electron chi connectivity index (χ0n) is 16.1. The number of fused-ring (bicyclic) bond motifs is 1. The molecule has 148 valence electrons. The minimum absolute atomic E-state index is 0.00778. The van der Waals surface area contributed by atoms with Crippen LogP contribution in [0.2, 0.25) is 0 Å². The predicted molar refractivity (Wildman–Crippen MR) is 112 cm³/mol. The average Bonchev–Trinajstić information content (AvgIpc) is 3.05. The van der Waals surface area contributed by atoms with E-state index in [1.165, 1.54) is 12.1 Å². The number of rotatable bonds is 3. The number of aliphatic hydroxyl groups excluding tert-OH is 1. The highest BCUT2D eigenvalue weighted by molar-refractivity contribution is 6.20. The Balaban J connectivity index is 1.56. The normalized spacial score (nSPS) is 23.0. The molecule has 30 heavy (non-hydrogen) atoms. The number of hydrogen-bond donors (Lipinski definition) is 1. The first-order chi connectivity index (χ1) is 14.6. The van der Waals surface area contributed by atoms with E-state index >= 15 is 0 Å². The topological polar surface area (TPSA) is 62.0 Å². The molecule has 0 bridgehead atoms. The first-order valence-corrected chi connectivity index (χ1v) is 9.91. The fourth-order valence-corrected chi connectivity index (χ4v) is 4.40. The number of aliphatic hydroxyl groups is 1. The second-order valence-electron chi connectivity index (χ2n) is 7.63. The highest BCUT2D eigenvalue weighted by atomic mass is 19.1. The van der Waals surface area contributed by atoms with Crippen molar-refractivity contribution in [2.45, 2.75) is 24.4 Å². The Hall–Kier alpha value is -3.60. The molecule has 5 heteroatoms. The Morgan fingerprint density at radius 2 is 1.47 bits per heavy atom. The Bertz CT molecular complexity index is 1170. The van der Waals surface area contributed by atoms with Gasteiger partial charge in [-0.3, -0.25) is 4.79 Å². The molecule has 1 heterocycles. The van der Waals surface area contributed by atoms with Gasteiger partial charge < -0.3 is 5.11 Å². The Kier molecular flexibility index (Phi) is 4.51. The van der Waals surface area contributed by atoms with Crippen LogP contribution < -0.4 is 0 Å².